The Morgan fingerprint density at radius 1 is 1.35 bits per heavy atom. The number of likely N-dealkylation sites (N-methyl/N-ethyl adjacent to an activating group) is 1. The molecule has 6 heteroatoms. The molecule has 0 aliphatic carbocycles. The van der Waals surface area contributed by atoms with E-state index in [-0.39, 0.29) is 0 Å². The summed E-state index contributed by atoms with van der Waals surface area (Å²) in [4.78, 5) is 18.0. The van der Waals surface area contributed by atoms with Gasteiger partial charge < -0.3 is 15.2 Å². The number of hydrogen-bond acceptors (Lipinski definition) is 5. The van der Waals surface area contributed by atoms with Gasteiger partial charge in [-0.25, -0.2) is 15.0 Å². The van der Waals surface area contributed by atoms with Gasteiger partial charge in [-0.15, -0.1) is 0 Å². The second kappa shape index (κ2) is 4.29. The van der Waals surface area contributed by atoms with Crippen molar-refractivity contribution in [2.24, 2.45) is 0 Å². The zero-order chi connectivity index (χ0) is 11.7. The third-order valence-corrected chi connectivity index (χ3v) is 3.36. The van der Waals surface area contributed by atoms with E-state index in [0.717, 1.165) is 30.1 Å². The maximum Gasteiger partial charge on any atom is 0.182 e. The Morgan fingerprint density at radius 3 is 3.12 bits per heavy atom. The number of aromatic nitrogens is 4. The molecule has 0 bridgehead atoms. The molecule has 90 valence electrons. The third-order valence-electron chi connectivity index (χ3n) is 3.36. The Hall–Kier alpha value is -1.69. The first kappa shape index (κ1) is 10.5. The smallest absolute Gasteiger partial charge is 0.182 e. The van der Waals surface area contributed by atoms with Crippen LogP contribution in [0.25, 0.3) is 11.2 Å². The van der Waals surface area contributed by atoms with Crippen LogP contribution in [0.15, 0.2) is 12.7 Å². The lowest BCUT2D eigenvalue weighted by Crippen LogP contribution is -2.44. The molecule has 6 nitrogen and oxygen atoms in total. The third kappa shape index (κ3) is 1.84. The van der Waals surface area contributed by atoms with Crippen molar-refractivity contribution in [3.05, 3.63) is 12.7 Å². The van der Waals surface area contributed by atoms with Gasteiger partial charge in [0.1, 0.15) is 11.8 Å². The molecular formula is C11H16N6. The van der Waals surface area contributed by atoms with E-state index in [1.165, 1.54) is 12.8 Å². The molecule has 0 saturated carbocycles. The Morgan fingerprint density at radius 2 is 2.29 bits per heavy atom. The van der Waals surface area contributed by atoms with Gasteiger partial charge in [-0.05, 0) is 19.4 Å². The van der Waals surface area contributed by atoms with E-state index in [9.17, 15) is 0 Å². The van der Waals surface area contributed by atoms with E-state index in [1.54, 1.807) is 12.7 Å². The van der Waals surface area contributed by atoms with Crippen molar-refractivity contribution in [3.63, 3.8) is 0 Å². The minimum atomic E-state index is 0.491. The summed E-state index contributed by atoms with van der Waals surface area (Å²) in [5.74, 6) is 0.932. The monoisotopic (exact) mass is 232 g/mol. The number of H-pyrrole nitrogens is 1. The summed E-state index contributed by atoms with van der Waals surface area (Å²) in [5.41, 5.74) is 1.64. The van der Waals surface area contributed by atoms with E-state index in [1.807, 2.05) is 0 Å². The highest BCUT2D eigenvalue weighted by molar-refractivity contribution is 5.82. The maximum absolute atomic E-state index is 4.37. The highest BCUT2D eigenvalue weighted by Gasteiger charge is 2.21. The minimum absolute atomic E-state index is 0.491. The highest BCUT2D eigenvalue weighted by atomic mass is 15.2. The van der Waals surface area contributed by atoms with E-state index >= 15 is 0 Å². The Kier molecular flexibility index (Phi) is 2.64. The van der Waals surface area contributed by atoms with Crippen LogP contribution >= 0.6 is 0 Å². The number of nitrogens with zero attached hydrogens (tertiary/aromatic N) is 4. The molecule has 17 heavy (non-hydrogen) atoms. The van der Waals surface area contributed by atoms with Crippen molar-refractivity contribution in [1.29, 1.82) is 0 Å². The van der Waals surface area contributed by atoms with Crippen LogP contribution in [0.3, 0.4) is 0 Å². The van der Waals surface area contributed by atoms with Gasteiger partial charge in [0.25, 0.3) is 0 Å². The second-order valence-corrected chi connectivity index (χ2v) is 4.41. The quantitative estimate of drug-likeness (QED) is 0.791. The van der Waals surface area contributed by atoms with Gasteiger partial charge in [0.15, 0.2) is 11.5 Å². The number of aromatic amines is 1. The standard InChI is InChI=1S/C11H16N6/c1-17(8-3-2-4-12-5-8)11-9-10(14-6-13-9)15-7-16-11/h6-8,12H,2-5H2,1H3,(H,13,14,15,16). The number of hydrogen-bond donors (Lipinski definition) is 2. The molecule has 1 fully saturated rings. The number of fused-ring (bicyclic) bond motifs is 1. The van der Waals surface area contributed by atoms with Gasteiger partial charge >= 0.3 is 0 Å². The Bertz CT molecular complexity index is 501. The van der Waals surface area contributed by atoms with E-state index in [0.29, 0.717) is 6.04 Å². The van der Waals surface area contributed by atoms with E-state index in [4.69, 9.17) is 0 Å². The van der Waals surface area contributed by atoms with Crippen molar-refractivity contribution in [1.82, 2.24) is 25.3 Å². The maximum atomic E-state index is 4.37. The molecule has 1 atom stereocenters. The average molecular weight is 232 g/mol. The molecule has 2 N–H and O–H groups in total. The van der Waals surface area contributed by atoms with Gasteiger partial charge in [0.05, 0.1) is 6.33 Å². The average Bonchev–Trinajstić information content (AvgIpc) is 2.87. The number of anilines is 1. The molecule has 3 heterocycles. The topological polar surface area (TPSA) is 69.7 Å². The predicted octanol–water partition coefficient (Wildman–Crippen LogP) is 0.541. The van der Waals surface area contributed by atoms with Crippen LogP contribution < -0.4 is 10.2 Å². The molecule has 3 rings (SSSR count). The molecular weight excluding hydrogens is 216 g/mol. The van der Waals surface area contributed by atoms with Crippen molar-refractivity contribution < 1.29 is 0 Å². The molecule has 2 aromatic rings. The summed E-state index contributed by atoms with van der Waals surface area (Å²) in [6, 6.07) is 0.491. The van der Waals surface area contributed by atoms with Crippen molar-refractivity contribution in [2.75, 3.05) is 25.0 Å². The van der Waals surface area contributed by atoms with Gasteiger partial charge in [-0.2, -0.15) is 0 Å². The zero-order valence-corrected chi connectivity index (χ0v) is 9.85. The molecule has 1 unspecified atom stereocenters. The molecule has 0 amide bonds. The van der Waals surface area contributed by atoms with Crippen LogP contribution in [-0.2, 0) is 0 Å². The van der Waals surface area contributed by atoms with Crippen LogP contribution in [-0.4, -0.2) is 46.1 Å². The van der Waals surface area contributed by atoms with Gasteiger partial charge in [-0.3, -0.25) is 0 Å². The van der Waals surface area contributed by atoms with Crippen molar-refractivity contribution in [2.45, 2.75) is 18.9 Å². The van der Waals surface area contributed by atoms with Crippen LogP contribution in [0.5, 0.6) is 0 Å². The van der Waals surface area contributed by atoms with E-state index < -0.39 is 0 Å². The number of piperidine rings is 1. The summed E-state index contributed by atoms with van der Waals surface area (Å²) in [6.45, 7) is 2.13. The fourth-order valence-corrected chi connectivity index (χ4v) is 2.36. The fourth-order valence-electron chi connectivity index (χ4n) is 2.36. The molecule has 1 saturated heterocycles. The van der Waals surface area contributed by atoms with Crippen LogP contribution in [0.2, 0.25) is 0 Å². The lowest BCUT2D eigenvalue weighted by Gasteiger charge is -2.32. The number of imidazole rings is 1. The molecule has 0 aromatic carbocycles. The predicted molar refractivity (Wildman–Crippen MR) is 66.0 cm³/mol. The lowest BCUT2D eigenvalue weighted by molar-refractivity contribution is 0.443. The fraction of sp³-hybridized carbons (Fsp3) is 0.545. The number of rotatable bonds is 2. The van der Waals surface area contributed by atoms with Gasteiger partial charge in [-0.1, -0.05) is 0 Å². The van der Waals surface area contributed by atoms with Crippen LogP contribution in [0.4, 0.5) is 5.82 Å². The SMILES string of the molecule is CN(c1ncnc2nc[nH]c12)C1CCCNC1. The first-order chi connectivity index (χ1) is 8.36. The van der Waals surface area contributed by atoms with Crippen molar-refractivity contribution in [3.8, 4) is 0 Å². The Balaban J connectivity index is 1.94. The van der Waals surface area contributed by atoms with E-state index in [2.05, 4.69) is 37.2 Å². The molecule has 0 radical (unpaired) electrons. The van der Waals surface area contributed by atoms with Crippen LogP contribution in [0.1, 0.15) is 12.8 Å². The normalized spacial score (nSPS) is 20.6. The molecule has 1 aliphatic heterocycles. The second-order valence-electron chi connectivity index (χ2n) is 4.41. The van der Waals surface area contributed by atoms with Crippen molar-refractivity contribution >= 4 is 17.0 Å². The number of nitrogens with one attached hydrogen (secondary N) is 2. The summed E-state index contributed by atoms with van der Waals surface area (Å²) in [6.07, 6.45) is 5.65. The van der Waals surface area contributed by atoms with Crippen LogP contribution in [0, 0.1) is 0 Å². The minimum Gasteiger partial charge on any atom is -0.354 e. The van der Waals surface area contributed by atoms with Gasteiger partial charge in [0.2, 0.25) is 0 Å². The zero-order valence-electron chi connectivity index (χ0n) is 9.85. The highest BCUT2D eigenvalue weighted by Crippen LogP contribution is 2.22. The Labute approximate surface area is 99.5 Å². The van der Waals surface area contributed by atoms with Gasteiger partial charge in [0, 0.05) is 19.6 Å². The molecule has 1 aliphatic rings. The summed E-state index contributed by atoms with van der Waals surface area (Å²) in [5, 5.41) is 3.42. The largest absolute Gasteiger partial charge is 0.354 e. The first-order valence-corrected chi connectivity index (χ1v) is 5.94. The summed E-state index contributed by atoms with van der Waals surface area (Å²) < 4.78 is 0. The summed E-state index contributed by atoms with van der Waals surface area (Å²) >= 11 is 0. The summed E-state index contributed by atoms with van der Waals surface area (Å²) in [7, 11) is 2.08. The molecule has 2 aromatic heterocycles. The first-order valence-electron chi connectivity index (χ1n) is 5.94. The lowest BCUT2D eigenvalue weighted by atomic mass is 10.1. The molecule has 0 spiro atoms.